The third-order valence-corrected chi connectivity index (χ3v) is 3.84. The SMILES string of the molecule is CC(=O)NC[C@H]1CN(c2ccc(C3=NOC(C#N)C3)c(F)c2)C(=O)O1. The van der Waals surface area contributed by atoms with Gasteiger partial charge in [0.15, 0.2) is 0 Å². The average Bonchev–Trinajstić information content (AvgIpc) is 3.19. The van der Waals surface area contributed by atoms with Gasteiger partial charge >= 0.3 is 6.09 Å². The number of rotatable bonds is 4. The number of ether oxygens (including phenoxy) is 1. The molecule has 2 aliphatic heterocycles. The minimum absolute atomic E-state index is 0.196. The highest BCUT2D eigenvalue weighted by Gasteiger charge is 2.33. The van der Waals surface area contributed by atoms with Gasteiger partial charge in [-0.15, -0.1) is 0 Å². The van der Waals surface area contributed by atoms with Crippen LogP contribution in [0.25, 0.3) is 0 Å². The molecule has 1 aromatic rings. The fourth-order valence-corrected chi connectivity index (χ4v) is 2.61. The summed E-state index contributed by atoms with van der Waals surface area (Å²) >= 11 is 0. The Labute approximate surface area is 142 Å². The molecule has 0 aliphatic carbocycles. The standard InChI is InChI=1S/C16H15FN4O4/c1-9(22)19-7-12-8-21(16(23)24-12)10-2-3-13(14(17)4-10)15-5-11(6-18)25-20-15/h2-4,11-12H,5,7-8H2,1H3,(H,19,22)/t11?,12-/m0/s1. The molecule has 1 aromatic carbocycles. The van der Waals surface area contributed by atoms with E-state index in [0.717, 1.165) is 0 Å². The quantitative estimate of drug-likeness (QED) is 0.885. The Kier molecular flexibility index (Phi) is 4.52. The van der Waals surface area contributed by atoms with Crippen molar-refractivity contribution in [3.8, 4) is 6.07 Å². The number of nitriles is 1. The van der Waals surface area contributed by atoms with Crippen LogP contribution in [0, 0.1) is 17.1 Å². The maximum Gasteiger partial charge on any atom is 0.414 e. The first kappa shape index (κ1) is 16.7. The van der Waals surface area contributed by atoms with Gasteiger partial charge < -0.3 is 14.9 Å². The summed E-state index contributed by atoms with van der Waals surface area (Å²) in [5, 5.41) is 15.1. The maximum atomic E-state index is 14.4. The number of nitrogens with zero attached hydrogens (tertiary/aromatic N) is 3. The van der Waals surface area contributed by atoms with Crippen LogP contribution in [0.3, 0.4) is 0 Å². The van der Waals surface area contributed by atoms with Crippen LogP contribution in [0.4, 0.5) is 14.9 Å². The van der Waals surface area contributed by atoms with Crippen LogP contribution in [-0.4, -0.2) is 43.0 Å². The summed E-state index contributed by atoms with van der Waals surface area (Å²) in [7, 11) is 0. The topological polar surface area (TPSA) is 104 Å². The first-order valence-electron chi connectivity index (χ1n) is 7.62. The Hall–Kier alpha value is -3.15. The van der Waals surface area contributed by atoms with E-state index in [1.54, 1.807) is 6.07 Å². The van der Waals surface area contributed by atoms with Gasteiger partial charge in [-0.25, -0.2) is 9.18 Å². The second-order valence-electron chi connectivity index (χ2n) is 5.68. The van der Waals surface area contributed by atoms with Crippen molar-refractivity contribution in [1.29, 1.82) is 5.26 Å². The summed E-state index contributed by atoms with van der Waals surface area (Å²) in [6, 6.07) is 6.18. The zero-order valence-corrected chi connectivity index (χ0v) is 13.4. The molecule has 2 atom stereocenters. The second kappa shape index (κ2) is 6.76. The molecule has 2 amide bonds. The van der Waals surface area contributed by atoms with Gasteiger partial charge in [0.05, 0.1) is 24.5 Å². The molecule has 8 nitrogen and oxygen atoms in total. The number of hydrogen-bond donors (Lipinski definition) is 1. The number of oxime groups is 1. The number of cyclic esters (lactones) is 1. The first-order valence-corrected chi connectivity index (χ1v) is 7.62. The fourth-order valence-electron chi connectivity index (χ4n) is 2.61. The number of carbonyl (C=O) groups is 2. The molecule has 1 unspecified atom stereocenters. The van der Waals surface area contributed by atoms with Crippen molar-refractivity contribution < 1.29 is 23.6 Å². The van der Waals surface area contributed by atoms with Crippen molar-refractivity contribution in [2.75, 3.05) is 18.0 Å². The Bertz CT molecular complexity index is 789. The highest BCUT2D eigenvalue weighted by Crippen LogP contribution is 2.26. The van der Waals surface area contributed by atoms with E-state index in [2.05, 4.69) is 10.5 Å². The van der Waals surface area contributed by atoms with Crippen LogP contribution in [0.5, 0.6) is 0 Å². The predicted molar refractivity (Wildman–Crippen MR) is 84.3 cm³/mol. The van der Waals surface area contributed by atoms with E-state index < -0.39 is 24.1 Å². The first-order chi connectivity index (χ1) is 12.0. The Morgan fingerprint density at radius 2 is 2.36 bits per heavy atom. The van der Waals surface area contributed by atoms with Crippen molar-refractivity contribution >= 4 is 23.4 Å². The zero-order valence-electron chi connectivity index (χ0n) is 13.4. The highest BCUT2D eigenvalue weighted by atomic mass is 19.1. The number of benzene rings is 1. The lowest BCUT2D eigenvalue weighted by Crippen LogP contribution is -2.33. The number of amides is 2. The third kappa shape index (κ3) is 3.52. The van der Waals surface area contributed by atoms with Crippen LogP contribution < -0.4 is 10.2 Å². The van der Waals surface area contributed by atoms with Gasteiger partial charge in [-0.3, -0.25) is 9.69 Å². The van der Waals surface area contributed by atoms with E-state index in [-0.39, 0.29) is 31.0 Å². The predicted octanol–water partition coefficient (Wildman–Crippen LogP) is 1.30. The van der Waals surface area contributed by atoms with E-state index >= 15 is 0 Å². The van der Waals surface area contributed by atoms with Crippen LogP contribution >= 0.6 is 0 Å². The fraction of sp³-hybridized carbons (Fsp3) is 0.375. The normalized spacial score (nSPS) is 22.0. The average molecular weight is 346 g/mol. The van der Waals surface area contributed by atoms with Gasteiger partial charge in [-0.1, -0.05) is 5.16 Å². The Morgan fingerprint density at radius 3 is 3.00 bits per heavy atom. The smallest absolute Gasteiger partial charge is 0.414 e. The minimum atomic E-state index is -0.711. The van der Waals surface area contributed by atoms with Crippen LogP contribution in [0.15, 0.2) is 23.4 Å². The summed E-state index contributed by atoms with van der Waals surface area (Å²) in [4.78, 5) is 29.1. The monoisotopic (exact) mass is 346 g/mol. The lowest BCUT2D eigenvalue weighted by atomic mass is 10.0. The molecule has 2 heterocycles. The molecule has 0 aromatic heterocycles. The molecule has 1 fully saturated rings. The summed E-state index contributed by atoms with van der Waals surface area (Å²) < 4.78 is 19.6. The van der Waals surface area contributed by atoms with E-state index in [1.165, 1.54) is 24.0 Å². The molecule has 3 rings (SSSR count). The molecule has 0 spiro atoms. The molecular formula is C16H15FN4O4. The molecule has 0 bridgehead atoms. The number of carbonyl (C=O) groups excluding carboxylic acids is 2. The molecule has 130 valence electrons. The van der Waals surface area contributed by atoms with Gasteiger partial charge in [0, 0.05) is 18.9 Å². The van der Waals surface area contributed by atoms with Crippen molar-refractivity contribution in [2.45, 2.75) is 25.6 Å². The number of halogens is 1. The van der Waals surface area contributed by atoms with Crippen LogP contribution in [0.1, 0.15) is 18.9 Å². The van der Waals surface area contributed by atoms with Crippen molar-refractivity contribution in [3.63, 3.8) is 0 Å². The van der Waals surface area contributed by atoms with Crippen molar-refractivity contribution in [3.05, 3.63) is 29.6 Å². The summed E-state index contributed by atoms with van der Waals surface area (Å²) in [6.45, 7) is 1.77. The van der Waals surface area contributed by atoms with E-state index in [9.17, 15) is 14.0 Å². The molecule has 0 radical (unpaired) electrons. The van der Waals surface area contributed by atoms with E-state index in [4.69, 9.17) is 14.8 Å². The summed E-state index contributed by atoms with van der Waals surface area (Å²) in [5.41, 5.74) is 0.917. The lowest BCUT2D eigenvalue weighted by molar-refractivity contribution is -0.119. The molecule has 0 saturated carbocycles. The number of hydrogen-bond acceptors (Lipinski definition) is 6. The highest BCUT2D eigenvalue weighted by molar-refractivity contribution is 6.02. The lowest BCUT2D eigenvalue weighted by Gasteiger charge is -2.14. The summed E-state index contributed by atoms with van der Waals surface area (Å²) in [6.07, 6.45) is -1.61. The number of nitrogens with one attached hydrogen (secondary N) is 1. The van der Waals surface area contributed by atoms with Crippen LogP contribution in [-0.2, 0) is 14.4 Å². The second-order valence-corrected chi connectivity index (χ2v) is 5.68. The largest absolute Gasteiger partial charge is 0.442 e. The maximum absolute atomic E-state index is 14.4. The van der Waals surface area contributed by atoms with Crippen LogP contribution in [0.2, 0.25) is 0 Å². The minimum Gasteiger partial charge on any atom is -0.442 e. The van der Waals surface area contributed by atoms with E-state index in [0.29, 0.717) is 11.4 Å². The van der Waals surface area contributed by atoms with E-state index in [1.807, 2.05) is 6.07 Å². The van der Waals surface area contributed by atoms with Gasteiger partial charge in [0.2, 0.25) is 12.0 Å². The molecule has 2 aliphatic rings. The van der Waals surface area contributed by atoms with Gasteiger partial charge in [0.25, 0.3) is 0 Å². The zero-order chi connectivity index (χ0) is 18.0. The molecule has 1 saturated heterocycles. The Morgan fingerprint density at radius 1 is 1.56 bits per heavy atom. The number of anilines is 1. The molecule has 9 heteroatoms. The van der Waals surface area contributed by atoms with Gasteiger partial charge in [0.1, 0.15) is 18.0 Å². The molecular weight excluding hydrogens is 331 g/mol. The molecule has 1 N–H and O–H groups in total. The van der Waals surface area contributed by atoms with Gasteiger partial charge in [-0.05, 0) is 18.2 Å². The molecule has 25 heavy (non-hydrogen) atoms. The summed E-state index contributed by atoms with van der Waals surface area (Å²) in [5.74, 6) is -0.795. The van der Waals surface area contributed by atoms with Gasteiger partial charge in [-0.2, -0.15) is 5.26 Å². The third-order valence-electron chi connectivity index (χ3n) is 3.84. The Balaban J connectivity index is 1.72. The van der Waals surface area contributed by atoms with Crippen molar-refractivity contribution in [2.24, 2.45) is 5.16 Å². The van der Waals surface area contributed by atoms with Crippen molar-refractivity contribution in [1.82, 2.24) is 5.32 Å².